The van der Waals surface area contributed by atoms with Crippen molar-refractivity contribution < 1.29 is 4.42 Å². The zero-order valence-corrected chi connectivity index (χ0v) is 22.0. The van der Waals surface area contributed by atoms with Gasteiger partial charge in [-0.2, -0.15) is 0 Å². The maximum atomic E-state index is 6.61. The minimum Gasteiger partial charge on any atom is -0.454 e. The van der Waals surface area contributed by atoms with E-state index in [0.29, 0.717) is 0 Å². The summed E-state index contributed by atoms with van der Waals surface area (Å²) in [5.74, 6) is 0. The van der Waals surface area contributed by atoms with E-state index < -0.39 is 0 Å². The molecule has 0 amide bonds. The van der Waals surface area contributed by atoms with E-state index in [1.54, 1.807) is 0 Å². The van der Waals surface area contributed by atoms with Crippen molar-refractivity contribution in [2.24, 2.45) is 0 Å². The first-order chi connectivity index (χ1) is 20.3. The molecule has 2 heterocycles. The van der Waals surface area contributed by atoms with E-state index in [4.69, 9.17) is 9.40 Å². The van der Waals surface area contributed by atoms with Crippen LogP contribution in [0.25, 0.3) is 98.0 Å². The van der Waals surface area contributed by atoms with Crippen molar-refractivity contribution in [3.05, 3.63) is 127 Å². The standard InChI is InChI=1S/C39H21NO/c1-2-11-28-27(10-1)35-29-12-3-4-13-30(29)37(40-38(35)39-36(28)31-14-5-6-15-32(31)41-39)26-20-24-18-16-22-8-7-9-23-17-19-25(21-26)34(24)33(22)23/h1-21H. The lowest BCUT2D eigenvalue weighted by Crippen LogP contribution is -1.93. The molecule has 8 aromatic carbocycles. The number of rotatable bonds is 1. The fourth-order valence-corrected chi connectivity index (χ4v) is 7.21. The third-order valence-electron chi connectivity index (χ3n) is 8.92. The van der Waals surface area contributed by atoms with Gasteiger partial charge >= 0.3 is 0 Å². The van der Waals surface area contributed by atoms with Crippen molar-refractivity contribution >= 4 is 86.7 Å². The van der Waals surface area contributed by atoms with Crippen molar-refractivity contribution in [3.8, 4) is 11.3 Å². The van der Waals surface area contributed by atoms with Crippen LogP contribution in [0.4, 0.5) is 0 Å². The molecule has 0 aliphatic heterocycles. The fraction of sp³-hybridized carbons (Fsp3) is 0. The first-order valence-electron chi connectivity index (χ1n) is 14.1. The smallest absolute Gasteiger partial charge is 0.162 e. The third kappa shape index (κ3) is 2.74. The minimum atomic E-state index is 0.851. The highest BCUT2D eigenvalue weighted by Crippen LogP contribution is 2.45. The number of hydrogen-bond acceptors (Lipinski definition) is 2. The maximum absolute atomic E-state index is 6.61. The van der Waals surface area contributed by atoms with Crippen LogP contribution in [0.1, 0.15) is 0 Å². The van der Waals surface area contributed by atoms with Crippen molar-refractivity contribution in [2.45, 2.75) is 0 Å². The molecule has 10 aromatic rings. The van der Waals surface area contributed by atoms with Gasteiger partial charge in [-0.25, -0.2) is 4.98 Å². The summed E-state index contributed by atoms with van der Waals surface area (Å²) in [7, 11) is 0. The number of para-hydroxylation sites is 1. The van der Waals surface area contributed by atoms with E-state index in [1.165, 1.54) is 48.5 Å². The predicted molar refractivity (Wildman–Crippen MR) is 173 cm³/mol. The molecule has 2 heteroatoms. The van der Waals surface area contributed by atoms with E-state index in [9.17, 15) is 0 Å². The number of fused-ring (bicyclic) bond motifs is 10. The summed E-state index contributed by atoms with van der Waals surface area (Å²) in [5, 5.41) is 15.8. The number of nitrogens with zero attached hydrogens (tertiary/aromatic N) is 1. The van der Waals surface area contributed by atoms with Crippen molar-refractivity contribution in [3.63, 3.8) is 0 Å². The molecule has 188 valence electrons. The van der Waals surface area contributed by atoms with Gasteiger partial charge in [0, 0.05) is 27.1 Å². The second-order valence-corrected chi connectivity index (χ2v) is 11.1. The average Bonchev–Trinajstić information content (AvgIpc) is 3.43. The third-order valence-corrected chi connectivity index (χ3v) is 8.92. The normalized spacial score (nSPS) is 12.4. The summed E-state index contributed by atoms with van der Waals surface area (Å²) in [6.07, 6.45) is 0. The SMILES string of the molecule is c1cc2ccc3cc(-c4nc5c6oc7ccccc7c6c6ccccc6c5c5ccccc45)cc4ccc(c1)c2c34. The van der Waals surface area contributed by atoms with Gasteiger partial charge in [0.1, 0.15) is 11.1 Å². The Morgan fingerprint density at radius 1 is 0.415 bits per heavy atom. The van der Waals surface area contributed by atoms with Crippen LogP contribution in [0.15, 0.2) is 132 Å². The van der Waals surface area contributed by atoms with Gasteiger partial charge in [-0.3, -0.25) is 0 Å². The number of benzene rings is 8. The van der Waals surface area contributed by atoms with E-state index in [1.807, 2.05) is 6.07 Å². The van der Waals surface area contributed by atoms with Crippen LogP contribution in [-0.2, 0) is 0 Å². The lowest BCUT2D eigenvalue weighted by atomic mass is 9.90. The molecule has 0 aliphatic rings. The van der Waals surface area contributed by atoms with Gasteiger partial charge in [-0.05, 0) is 66.7 Å². The van der Waals surface area contributed by atoms with E-state index >= 15 is 0 Å². The van der Waals surface area contributed by atoms with Gasteiger partial charge in [0.05, 0.1) is 5.69 Å². The molecule has 2 aromatic heterocycles. The second-order valence-electron chi connectivity index (χ2n) is 11.1. The summed E-state index contributed by atoms with van der Waals surface area (Å²) in [4.78, 5) is 5.49. The van der Waals surface area contributed by atoms with Gasteiger partial charge in [-0.15, -0.1) is 0 Å². The molecule has 0 saturated carbocycles. The molecule has 0 atom stereocenters. The Balaban J connectivity index is 1.41. The molecule has 2 nitrogen and oxygen atoms in total. The first-order valence-corrected chi connectivity index (χ1v) is 14.1. The maximum Gasteiger partial charge on any atom is 0.162 e. The van der Waals surface area contributed by atoms with Crippen LogP contribution in [0.5, 0.6) is 0 Å². The molecule has 10 rings (SSSR count). The van der Waals surface area contributed by atoms with Gasteiger partial charge in [0.2, 0.25) is 0 Å². The molecule has 0 bridgehead atoms. The van der Waals surface area contributed by atoms with Crippen molar-refractivity contribution in [2.75, 3.05) is 0 Å². The van der Waals surface area contributed by atoms with Gasteiger partial charge in [0.25, 0.3) is 0 Å². The lowest BCUT2D eigenvalue weighted by Gasteiger charge is -2.15. The summed E-state index contributed by atoms with van der Waals surface area (Å²) >= 11 is 0. The molecule has 41 heavy (non-hydrogen) atoms. The number of aromatic nitrogens is 1. The van der Waals surface area contributed by atoms with Crippen LogP contribution < -0.4 is 0 Å². The molecule has 0 fully saturated rings. The quantitative estimate of drug-likeness (QED) is 0.202. The van der Waals surface area contributed by atoms with Crippen molar-refractivity contribution in [1.29, 1.82) is 0 Å². The Hall–Kier alpha value is -5.47. The second kappa shape index (κ2) is 7.59. The topological polar surface area (TPSA) is 26.0 Å². The van der Waals surface area contributed by atoms with E-state index in [0.717, 1.165) is 49.5 Å². The monoisotopic (exact) mass is 519 g/mol. The minimum absolute atomic E-state index is 0.851. The molecule has 0 aliphatic carbocycles. The fourth-order valence-electron chi connectivity index (χ4n) is 7.21. The number of furan rings is 1. The number of pyridine rings is 1. The van der Waals surface area contributed by atoms with Gasteiger partial charge in [-0.1, -0.05) is 109 Å². The highest BCUT2D eigenvalue weighted by molar-refractivity contribution is 6.34. The Morgan fingerprint density at radius 3 is 1.66 bits per heavy atom. The molecule has 0 spiro atoms. The van der Waals surface area contributed by atoms with Crippen LogP contribution >= 0.6 is 0 Å². The van der Waals surface area contributed by atoms with Crippen molar-refractivity contribution in [1.82, 2.24) is 4.98 Å². The zero-order valence-electron chi connectivity index (χ0n) is 22.0. The van der Waals surface area contributed by atoms with Gasteiger partial charge in [0.15, 0.2) is 5.58 Å². The summed E-state index contributed by atoms with van der Waals surface area (Å²) < 4.78 is 6.61. The summed E-state index contributed by atoms with van der Waals surface area (Å²) in [5.41, 5.74) is 4.75. The van der Waals surface area contributed by atoms with Crippen LogP contribution in [0.3, 0.4) is 0 Å². The Bertz CT molecular complexity index is 2630. The predicted octanol–water partition coefficient (Wildman–Crippen LogP) is 11.0. The Labute approximate surface area is 234 Å². The summed E-state index contributed by atoms with van der Waals surface area (Å²) in [6.45, 7) is 0. The van der Waals surface area contributed by atoms with E-state index in [-0.39, 0.29) is 0 Å². The summed E-state index contributed by atoms with van der Waals surface area (Å²) in [6, 6.07) is 45.8. The molecule has 0 N–H and O–H groups in total. The Morgan fingerprint density at radius 2 is 0.951 bits per heavy atom. The largest absolute Gasteiger partial charge is 0.454 e. The van der Waals surface area contributed by atoms with Crippen LogP contribution in [0, 0.1) is 0 Å². The number of hydrogen-bond donors (Lipinski definition) is 0. The van der Waals surface area contributed by atoms with Crippen LogP contribution in [0.2, 0.25) is 0 Å². The molecular formula is C39H21NO. The molecule has 0 saturated heterocycles. The zero-order chi connectivity index (χ0) is 26.7. The van der Waals surface area contributed by atoms with Crippen LogP contribution in [-0.4, -0.2) is 4.98 Å². The first kappa shape index (κ1) is 21.4. The lowest BCUT2D eigenvalue weighted by molar-refractivity contribution is 0.672. The van der Waals surface area contributed by atoms with Gasteiger partial charge < -0.3 is 4.42 Å². The average molecular weight is 520 g/mol. The molecular weight excluding hydrogens is 498 g/mol. The highest BCUT2D eigenvalue weighted by atomic mass is 16.3. The molecule has 0 radical (unpaired) electrons. The Kier molecular flexibility index (Phi) is 3.95. The van der Waals surface area contributed by atoms with E-state index in [2.05, 4.69) is 121 Å². The highest BCUT2D eigenvalue weighted by Gasteiger charge is 2.21. The molecule has 0 unspecified atom stereocenters.